The number of carbonyl (C=O) groups excluding carboxylic acids is 5. The number of esters is 2. The van der Waals surface area contributed by atoms with E-state index in [1.54, 1.807) is 123 Å². The van der Waals surface area contributed by atoms with Gasteiger partial charge in [0, 0.05) is 51.7 Å². The summed E-state index contributed by atoms with van der Waals surface area (Å²) in [5, 5.41) is 15.7. The lowest BCUT2D eigenvalue weighted by Crippen LogP contribution is -2.38. The lowest BCUT2D eigenvalue weighted by molar-refractivity contribution is -0.174. The van der Waals surface area contributed by atoms with Crippen molar-refractivity contribution in [1.29, 1.82) is 0 Å². The molecule has 1 aliphatic carbocycles. The van der Waals surface area contributed by atoms with E-state index in [0.29, 0.717) is 76.9 Å². The van der Waals surface area contributed by atoms with Crippen LogP contribution in [0.25, 0.3) is 0 Å². The van der Waals surface area contributed by atoms with Crippen LogP contribution in [0.1, 0.15) is 117 Å². The largest absolute Gasteiger partial charge is 0.461 e. The van der Waals surface area contributed by atoms with Gasteiger partial charge >= 0.3 is 11.9 Å². The highest BCUT2D eigenvalue weighted by atomic mass is 31.2. The van der Waals surface area contributed by atoms with Gasteiger partial charge < -0.3 is 28.4 Å². The van der Waals surface area contributed by atoms with Crippen LogP contribution in [0.2, 0.25) is 0 Å². The van der Waals surface area contributed by atoms with Gasteiger partial charge in [0.15, 0.2) is 11.8 Å². The molecule has 470 valence electrons. The van der Waals surface area contributed by atoms with E-state index >= 15 is 23.5 Å². The molecule has 0 amide bonds. The van der Waals surface area contributed by atoms with Gasteiger partial charge in [-0.3, -0.25) is 24.0 Å². The number of rotatable bonds is 22. The molecule has 0 aliphatic heterocycles. The summed E-state index contributed by atoms with van der Waals surface area (Å²) in [7, 11) is -9.32. The molecular formula is C78H77O11P3. The highest BCUT2D eigenvalue weighted by Gasteiger charge is 2.43. The van der Waals surface area contributed by atoms with E-state index in [2.05, 4.69) is 0 Å². The summed E-state index contributed by atoms with van der Waals surface area (Å²) >= 11 is 0. The molecule has 0 spiro atoms. The van der Waals surface area contributed by atoms with Crippen molar-refractivity contribution in [2.45, 2.75) is 108 Å². The minimum atomic E-state index is -3.92. The molecule has 0 heterocycles. The molecule has 92 heavy (non-hydrogen) atoms. The predicted octanol–water partition coefficient (Wildman–Crippen LogP) is 14.4. The minimum Gasteiger partial charge on any atom is -0.461 e. The van der Waals surface area contributed by atoms with Crippen LogP contribution >= 0.6 is 22.2 Å². The third kappa shape index (κ3) is 13.5. The number of aryl methyl sites for hydroxylation is 6. The van der Waals surface area contributed by atoms with Crippen LogP contribution in [-0.2, 0) is 52.8 Å². The number of benzene rings is 9. The fourth-order valence-corrected chi connectivity index (χ4v) is 20.9. The molecule has 9 aromatic carbocycles. The summed E-state index contributed by atoms with van der Waals surface area (Å²) in [6, 6.07) is 60.1. The normalized spacial score (nSPS) is 15.4. The van der Waals surface area contributed by atoms with Gasteiger partial charge in [0.1, 0.15) is 13.2 Å². The zero-order chi connectivity index (χ0) is 65.6. The Hall–Kier alpha value is -8.26. The van der Waals surface area contributed by atoms with Gasteiger partial charge in [-0.1, -0.05) is 200 Å². The van der Waals surface area contributed by atoms with E-state index in [1.807, 2.05) is 139 Å². The molecule has 1 aliphatic rings. The molecule has 4 unspecified atom stereocenters. The lowest BCUT2D eigenvalue weighted by atomic mass is 9.74. The topological polar surface area (TPSA) is 167 Å². The average molecular weight is 1280 g/mol. The Labute approximate surface area is 541 Å². The van der Waals surface area contributed by atoms with Crippen LogP contribution in [-0.4, -0.2) is 39.9 Å². The Balaban J connectivity index is 0.940. The Kier molecular flexibility index (Phi) is 20.8. The maximum absolute atomic E-state index is 15.4. The molecule has 1 fully saturated rings. The number of aliphatic hydroxyl groups excluding tert-OH is 1. The van der Waals surface area contributed by atoms with Crippen molar-refractivity contribution in [2.24, 2.45) is 17.8 Å². The van der Waals surface area contributed by atoms with E-state index in [-0.39, 0.29) is 50.2 Å². The molecule has 0 bridgehead atoms. The van der Waals surface area contributed by atoms with Crippen LogP contribution in [0.4, 0.5) is 0 Å². The van der Waals surface area contributed by atoms with Crippen LogP contribution in [0.15, 0.2) is 200 Å². The smallest absolute Gasteiger partial charge is 0.309 e. The summed E-state index contributed by atoms with van der Waals surface area (Å²) in [5.74, 6) is -3.90. The van der Waals surface area contributed by atoms with E-state index in [1.165, 1.54) is 0 Å². The summed E-state index contributed by atoms with van der Waals surface area (Å²) in [5.41, 5.74) is 8.13. The summed E-state index contributed by atoms with van der Waals surface area (Å²) in [4.78, 5) is 74.7. The summed E-state index contributed by atoms with van der Waals surface area (Å²) < 4.78 is 49.7. The van der Waals surface area contributed by atoms with Crippen molar-refractivity contribution in [3.63, 3.8) is 0 Å². The molecule has 0 radical (unpaired) electrons. The van der Waals surface area contributed by atoms with E-state index in [4.69, 9.17) is 14.2 Å². The van der Waals surface area contributed by atoms with E-state index < -0.39 is 69.2 Å². The second kappa shape index (κ2) is 28.7. The average Bonchev–Trinajstić information content (AvgIpc) is 0.765. The lowest BCUT2D eigenvalue weighted by Gasteiger charge is -2.35. The van der Waals surface area contributed by atoms with Crippen molar-refractivity contribution in [3.05, 3.63) is 284 Å². The second-order valence-corrected chi connectivity index (χ2v) is 31.7. The van der Waals surface area contributed by atoms with Gasteiger partial charge in [0.05, 0.1) is 18.4 Å². The fraction of sp³-hybridized carbons (Fsp3) is 0.244. The highest BCUT2D eigenvalue weighted by molar-refractivity contribution is 7.94. The van der Waals surface area contributed by atoms with Gasteiger partial charge in [-0.15, -0.1) is 0 Å². The first kappa shape index (κ1) is 66.7. The van der Waals surface area contributed by atoms with Crippen LogP contribution in [0.5, 0.6) is 0 Å². The Morgan fingerprint density at radius 2 is 0.707 bits per heavy atom. The summed E-state index contributed by atoms with van der Waals surface area (Å²) in [6.45, 7) is 16.1. The highest BCUT2D eigenvalue weighted by Crippen LogP contribution is 2.51. The predicted molar refractivity (Wildman–Crippen MR) is 368 cm³/mol. The van der Waals surface area contributed by atoms with E-state index in [9.17, 15) is 14.7 Å². The standard InChI is InChI=1S/C78H77O11P3/c1-49-40-52(4)70(76(82)90(61-28-16-10-17-29-61)62-30-18-11-19-31-62)55(7)67(49)46-87-73(79)58-43-59(74(80)88-47-68-50(2)41-53(5)71(56(68)8)77(83)91(85,63-32-20-12-21-33-63)64-34-22-13-23-35-64)45-60(44-58)75(81)89-48-69-51(3)42-54(6)72(57(69)9)78(84)92(86,65-36-24-14-25-37-65)66-38-26-15-27-39-66/h10-42,58-60,74,80H,43-48H2,1-9H3. The minimum absolute atomic E-state index is 0.0202. The van der Waals surface area contributed by atoms with Crippen molar-refractivity contribution in [1.82, 2.24) is 0 Å². The van der Waals surface area contributed by atoms with Crippen molar-refractivity contribution in [2.75, 3.05) is 0 Å². The molecule has 9 aromatic rings. The molecule has 1 saturated carbocycles. The third-order valence-corrected chi connectivity index (χ3v) is 26.2. The zero-order valence-electron chi connectivity index (χ0n) is 53.5. The Morgan fingerprint density at radius 3 is 1.04 bits per heavy atom. The van der Waals surface area contributed by atoms with Crippen molar-refractivity contribution in [3.8, 4) is 0 Å². The zero-order valence-corrected chi connectivity index (χ0v) is 56.2. The molecule has 11 nitrogen and oxygen atoms in total. The van der Waals surface area contributed by atoms with Gasteiger partial charge in [-0.2, -0.15) is 0 Å². The first-order chi connectivity index (χ1) is 44.1. The SMILES string of the molecule is Cc1cc(C)c(C(=O)P(c2ccccc2)c2ccccc2)c(C)c1COC(=O)C1CC(C(=O)OCc2c(C)cc(C)c(C(=O)P(=O)(c3ccccc3)c3ccccc3)c2C)CC(C(O)OCc2c(C)cc(C)c(C(=O)P(=O)(c3ccccc3)c3ccccc3)c2C)C1. The summed E-state index contributed by atoms with van der Waals surface area (Å²) in [6.07, 6.45) is -1.36. The second-order valence-electron chi connectivity index (χ2n) is 24.2. The van der Waals surface area contributed by atoms with Crippen molar-refractivity contribution >= 4 is 82.5 Å². The van der Waals surface area contributed by atoms with Gasteiger partial charge in [-0.05, 0) is 159 Å². The molecule has 0 saturated heterocycles. The van der Waals surface area contributed by atoms with Crippen LogP contribution in [0.3, 0.4) is 0 Å². The molecular weight excluding hydrogens is 1210 g/mol. The van der Waals surface area contributed by atoms with E-state index in [0.717, 1.165) is 32.9 Å². The van der Waals surface area contributed by atoms with Crippen molar-refractivity contribution < 1.29 is 52.4 Å². The monoisotopic (exact) mass is 1280 g/mol. The Bertz CT molecular complexity index is 4200. The molecule has 1 N–H and O–H groups in total. The molecule has 4 atom stereocenters. The maximum atomic E-state index is 15.4. The first-order valence-corrected chi connectivity index (χ1v) is 35.8. The van der Waals surface area contributed by atoms with Gasteiger partial charge in [-0.25, -0.2) is 0 Å². The maximum Gasteiger partial charge on any atom is 0.309 e. The number of ether oxygens (including phenoxy) is 3. The van der Waals surface area contributed by atoms with Gasteiger partial charge in [0.2, 0.25) is 25.3 Å². The quantitative estimate of drug-likeness (QED) is 0.0390. The molecule has 10 rings (SSSR count). The number of hydrogen-bond donors (Lipinski definition) is 1. The number of aliphatic hydroxyl groups is 1. The fourth-order valence-electron chi connectivity index (χ4n) is 13.4. The Morgan fingerprint density at radius 1 is 0.413 bits per heavy atom. The van der Waals surface area contributed by atoms with Gasteiger partial charge in [0.25, 0.3) is 0 Å². The van der Waals surface area contributed by atoms with Crippen LogP contribution < -0.4 is 31.8 Å². The molecule has 0 aromatic heterocycles. The number of hydrogen-bond acceptors (Lipinski definition) is 11. The third-order valence-electron chi connectivity index (χ3n) is 18.2. The first-order valence-electron chi connectivity index (χ1n) is 31.0. The molecule has 14 heteroatoms. The number of carbonyl (C=O) groups is 5. The van der Waals surface area contributed by atoms with Crippen LogP contribution in [0, 0.1) is 80.1 Å².